The maximum Gasteiger partial charge on any atom is 0.264 e. The first-order valence-electron chi connectivity index (χ1n) is 6.66. The summed E-state index contributed by atoms with van der Waals surface area (Å²) in [6.07, 6.45) is 2.04. The number of hydrogen-bond donors (Lipinski definition) is 1. The summed E-state index contributed by atoms with van der Waals surface area (Å²) in [5.41, 5.74) is 0. The third-order valence-electron chi connectivity index (χ3n) is 3.93. The molecule has 1 fully saturated rings. The Hall–Kier alpha value is 0.0469. The van der Waals surface area contributed by atoms with Crippen LogP contribution in [0.5, 0.6) is 0 Å². The van der Waals surface area contributed by atoms with Crippen LogP contribution in [-0.2, 0) is 18.7 Å². The van der Waals surface area contributed by atoms with E-state index in [1.54, 1.807) is 0 Å². The maximum absolute atomic E-state index is 11.0. The molecule has 0 saturated carbocycles. The first-order valence-corrected chi connectivity index (χ1v) is 11.4. The van der Waals surface area contributed by atoms with Gasteiger partial charge in [0, 0.05) is 12.6 Å². The van der Waals surface area contributed by atoms with E-state index in [0.29, 0.717) is 0 Å². The molecule has 114 valence electrons. The zero-order chi connectivity index (χ0) is 14.9. The van der Waals surface area contributed by atoms with Crippen molar-refractivity contribution in [2.24, 2.45) is 0 Å². The van der Waals surface area contributed by atoms with E-state index >= 15 is 0 Å². The van der Waals surface area contributed by atoms with Crippen molar-refractivity contribution < 1.29 is 17.0 Å². The quantitative estimate of drug-likeness (QED) is 0.619. The average Bonchev–Trinajstić information content (AvgIpc) is 2.59. The van der Waals surface area contributed by atoms with E-state index in [9.17, 15) is 8.42 Å². The van der Waals surface area contributed by atoms with Crippen molar-refractivity contribution in [2.75, 3.05) is 19.4 Å². The Balaban J connectivity index is 2.45. The topological polar surface area (TPSA) is 64.6 Å². The summed E-state index contributed by atoms with van der Waals surface area (Å²) in [4.78, 5) is 0. The van der Waals surface area contributed by atoms with E-state index in [4.69, 9.17) is 8.61 Å². The average molecular weight is 310 g/mol. The van der Waals surface area contributed by atoms with Gasteiger partial charge in [-0.05, 0) is 24.6 Å². The summed E-state index contributed by atoms with van der Waals surface area (Å²) < 4.78 is 33.0. The maximum atomic E-state index is 11.0. The van der Waals surface area contributed by atoms with Gasteiger partial charge in [-0.25, -0.2) is 0 Å². The van der Waals surface area contributed by atoms with Gasteiger partial charge in [0.15, 0.2) is 8.32 Å². The van der Waals surface area contributed by atoms with Crippen LogP contribution in [0.2, 0.25) is 18.1 Å². The van der Waals surface area contributed by atoms with Crippen LogP contribution >= 0.6 is 0 Å². The van der Waals surface area contributed by atoms with Crippen LogP contribution in [0.25, 0.3) is 0 Å². The molecule has 5 nitrogen and oxygen atoms in total. The molecule has 0 radical (unpaired) electrons. The minimum Gasteiger partial charge on any atom is -0.413 e. The van der Waals surface area contributed by atoms with Crippen LogP contribution in [-0.4, -0.2) is 48.3 Å². The standard InChI is InChI=1S/C12H27NO4SSi/c1-12(2,3)19(5,6)17-11-7-10(13-8-11)9-16-18(4,14)15/h10-11,13H,7-9H2,1-6H3/t10-,11-/m1/s1. The fourth-order valence-corrected chi connectivity index (χ4v) is 3.58. The van der Waals surface area contributed by atoms with Crippen molar-refractivity contribution in [2.45, 2.75) is 57.5 Å². The Morgan fingerprint density at radius 3 is 2.37 bits per heavy atom. The van der Waals surface area contributed by atoms with Gasteiger partial charge in [-0.2, -0.15) is 8.42 Å². The van der Waals surface area contributed by atoms with Gasteiger partial charge in [-0.3, -0.25) is 4.18 Å². The molecule has 0 amide bonds. The van der Waals surface area contributed by atoms with Gasteiger partial charge in [0.05, 0.1) is 19.0 Å². The minimum atomic E-state index is -3.36. The second-order valence-corrected chi connectivity index (χ2v) is 13.2. The van der Waals surface area contributed by atoms with Crippen LogP contribution in [0.15, 0.2) is 0 Å². The highest BCUT2D eigenvalue weighted by atomic mass is 32.2. The van der Waals surface area contributed by atoms with E-state index in [-0.39, 0.29) is 23.8 Å². The fourth-order valence-electron chi connectivity index (χ4n) is 1.80. The van der Waals surface area contributed by atoms with Gasteiger partial charge in [0.25, 0.3) is 10.1 Å². The minimum absolute atomic E-state index is 0.0597. The molecular weight excluding hydrogens is 282 g/mol. The molecule has 1 aliphatic heterocycles. The van der Waals surface area contributed by atoms with E-state index in [2.05, 4.69) is 39.2 Å². The van der Waals surface area contributed by atoms with Crippen molar-refractivity contribution in [1.29, 1.82) is 0 Å². The van der Waals surface area contributed by atoms with Crippen LogP contribution in [0.1, 0.15) is 27.2 Å². The van der Waals surface area contributed by atoms with Gasteiger partial charge < -0.3 is 9.74 Å². The Morgan fingerprint density at radius 1 is 1.32 bits per heavy atom. The molecule has 19 heavy (non-hydrogen) atoms. The predicted molar refractivity (Wildman–Crippen MR) is 79.3 cm³/mol. The second-order valence-electron chi connectivity index (χ2n) is 6.83. The smallest absolute Gasteiger partial charge is 0.264 e. The van der Waals surface area contributed by atoms with E-state index < -0.39 is 18.4 Å². The van der Waals surface area contributed by atoms with Crippen molar-refractivity contribution >= 4 is 18.4 Å². The normalized spacial score (nSPS) is 25.8. The van der Waals surface area contributed by atoms with Crippen molar-refractivity contribution in [3.63, 3.8) is 0 Å². The highest BCUT2D eigenvalue weighted by Gasteiger charge is 2.40. The first-order chi connectivity index (χ1) is 8.41. The van der Waals surface area contributed by atoms with E-state index in [1.807, 2.05) is 0 Å². The van der Waals surface area contributed by atoms with Gasteiger partial charge in [-0.15, -0.1) is 0 Å². The second kappa shape index (κ2) is 5.81. The Labute approximate surface area is 118 Å². The summed E-state index contributed by atoms with van der Waals surface area (Å²) >= 11 is 0. The van der Waals surface area contributed by atoms with Crippen LogP contribution in [0.4, 0.5) is 0 Å². The molecule has 1 aliphatic rings. The molecule has 0 spiro atoms. The summed E-state index contributed by atoms with van der Waals surface area (Å²) in [5.74, 6) is 0. The SMILES string of the molecule is CC(C)(C)[Si](C)(C)O[C@H]1CN[C@@H](COS(C)(=O)=O)C1. The molecule has 7 heteroatoms. The molecule has 0 aromatic heterocycles. The van der Waals surface area contributed by atoms with Crippen LogP contribution < -0.4 is 5.32 Å². The fraction of sp³-hybridized carbons (Fsp3) is 1.00. The zero-order valence-corrected chi connectivity index (χ0v) is 14.6. The van der Waals surface area contributed by atoms with Gasteiger partial charge >= 0.3 is 0 Å². The summed E-state index contributed by atoms with van der Waals surface area (Å²) in [6, 6.07) is 0.0597. The molecule has 0 aromatic rings. The van der Waals surface area contributed by atoms with Crippen molar-refractivity contribution in [1.82, 2.24) is 5.32 Å². The first kappa shape index (κ1) is 17.1. The molecule has 1 rings (SSSR count). The van der Waals surface area contributed by atoms with Crippen LogP contribution in [0, 0.1) is 0 Å². The molecule has 0 bridgehead atoms. The van der Waals surface area contributed by atoms with Crippen LogP contribution in [0.3, 0.4) is 0 Å². The highest BCUT2D eigenvalue weighted by Crippen LogP contribution is 2.38. The lowest BCUT2D eigenvalue weighted by atomic mass is 10.2. The lowest BCUT2D eigenvalue weighted by Crippen LogP contribution is -2.44. The molecule has 0 unspecified atom stereocenters. The van der Waals surface area contributed by atoms with E-state index in [1.165, 1.54) is 0 Å². The van der Waals surface area contributed by atoms with Crippen molar-refractivity contribution in [3.8, 4) is 0 Å². The number of hydrogen-bond acceptors (Lipinski definition) is 5. The van der Waals surface area contributed by atoms with Gasteiger partial charge in [0.2, 0.25) is 0 Å². The number of nitrogens with one attached hydrogen (secondary N) is 1. The van der Waals surface area contributed by atoms with E-state index in [0.717, 1.165) is 19.2 Å². The predicted octanol–water partition coefficient (Wildman–Crippen LogP) is 1.71. The highest BCUT2D eigenvalue weighted by molar-refractivity contribution is 7.85. The Bertz CT molecular complexity index is 402. The third-order valence-corrected chi connectivity index (χ3v) is 9.03. The molecule has 1 heterocycles. The monoisotopic (exact) mass is 309 g/mol. The molecule has 0 aliphatic carbocycles. The molecule has 0 aromatic carbocycles. The third kappa shape index (κ3) is 5.51. The summed E-state index contributed by atoms with van der Waals surface area (Å²) in [7, 11) is -5.12. The molecule has 1 saturated heterocycles. The molecule has 2 atom stereocenters. The summed E-state index contributed by atoms with van der Waals surface area (Å²) in [5, 5.41) is 3.45. The van der Waals surface area contributed by atoms with Crippen molar-refractivity contribution in [3.05, 3.63) is 0 Å². The molecular formula is C12H27NO4SSi. The summed E-state index contributed by atoms with van der Waals surface area (Å²) in [6.45, 7) is 12.1. The van der Waals surface area contributed by atoms with Gasteiger partial charge in [0.1, 0.15) is 0 Å². The lowest BCUT2D eigenvalue weighted by molar-refractivity contribution is 0.192. The van der Waals surface area contributed by atoms with Gasteiger partial charge in [-0.1, -0.05) is 20.8 Å². The molecule has 1 N–H and O–H groups in total. The zero-order valence-electron chi connectivity index (χ0n) is 12.8. The largest absolute Gasteiger partial charge is 0.413 e. The lowest BCUT2D eigenvalue weighted by Gasteiger charge is -2.38. The Morgan fingerprint density at radius 2 is 1.89 bits per heavy atom. The number of rotatable bonds is 5. The Kier molecular flexibility index (Phi) is 5.23.